The monoisotopic (exact) mass is 1050 g/mol. The molecule has 20 heteroatoms. The Labute approximate surface area is 442 Å². The fourth-order valence-corrected chi connectivity index (χ4v) is 10.9. The van der Waals surface area contributed by atoms with E-state index >= 15 is 4.39 Å². The number of thiazole rings is 1. The molecule has 0 bridgehead atoms. The Morgan fingerprint density at radius 2 is 1.64 bits per heavy atom. The Bertz CT molecular complexity index is 2880. The Morgan fingerprint density at radius 1 is 0.933 bits per heavy atom. The topological polar surface area (TPSA) is 211 Å². The molecule has 2 saturated heterocycles. The van der Waals surface area contributed by atoms with Crippen LogP contribution in [0, 0.1) is 11.7 Å². The van der Waals surface area contributed by atoms with Gasteiger partial charge in [0, 0.05) is 35.2 Å². The average molecular weight is 1050 g/mol. The van der Waals surface area contributed by atoms with Crippen molar-refractivity contribution in [1.82, 2.24) is 49.9 Å². The summed E-state index contributed by atoms with van der Waals surface area (Å²) in [7, 11) is 4.66. The van der Waals surface area contributed by atoms with Gasteiger partial charge in [-0.1, -0.05) is 40.2 Å². The molecule has 3 aliphatic heterocycles. The van der Waals surface area contributed by atoms with E-state index in [1.807, 2.05) is 59.1 Å². The SMILES string of the molecule is CC.CCC.CCN(Cc1ncc(-c2cc(F)c3c(c2)OC(c2cnc(C4CC4)s2)n2c-3cc3cc(-c4cnc(C5CCCN5C)[nH]4)ccc32)[nH]1)C(=O)CNC(=O)OC.COC(=O)NC(C=O)C1CC(C)OC(C)C1. The lowest BCUT2D eigenvalue weighted by Crippen LogP contribution is -2.46. The summed E-state index contributed by atoms with van der Waals surface area (Å²) in [4.78, 5) is 71.8. The van der Waals surface area contributed by atoms with E-state index in [2.05, 4.69) is 83.6 Å². The lowest BCUT2D eigenvalue weighted by Gasteiger charge is -2.34. The maximum absolute atomic E-state index is 16.5. The quantitative estimate of drug-likeness (QED) is 0.0796. The largest absolute Gasteiger partial charge is 0.464 e. The molecule has 5 unspecified atom stereocenters. The number of nitrogens with one attached hydrogen (secondary N) is 4. The normalized spacial score (nSPS) is 20.0. The molecule has 0 radical (unpaired) electrons. The molecule has 404 valence electrons. The number of likely N-dealkylation sites (N-methyl/N-ethyl adjacent to an activating group) is 1. The van der Waals surface area contributed by atoms with Crippen LogP contribution in [0.1, 0.15) is 133 Å². The number of rotatable bonds is 13. The number of halogens is 1. The lowest BCUT2D eigenvalue weighted by molar-refractivity contribution is -0.130. The van der Waals surface area contributed by atoms with E-state index < -0.39 is 30.3 Å². The van der Waals surface area contributed by atoms with Crippen molar-refractivity contribution in [3.8, 4) is 39.5 Å². The van der Waals surface area contributed by atoms with Crippen LogP contribution in [0.5, 0.6) is 5.75 Å². The van der Waals surface area contributed by atoms with E-state index in [1.54, 1.807) is 22.4 Å². The summed E-state index contributed by atoms with van der Waals surface area (Å²) in [5.41, 5.74) is 5.12. The number of nitrogens with zero attached hydrogens (tertiary/aromatic N) is 6. The van der Waals surface area contributed by atoms with Gasteiger partial charge in [-0.25, -0.2) is 28.9 Å². The molecule has 75 heavy (non-hydrogen) atoms. The smallest absolute Gasteiger partial charge is 0.407 e. The van der Waals surface area contributed by atoms with Gasteiger partial charge >= 0.3 is 12.2 Å². The molecule has 2 aromatic carbocycles. The minimum atomic E-state index is -0.683. The number of hydrogen-bond donors (Lipinski definition) is 4. The highest BCUT2D eigenvalue weighted by atomic mass is 32.1. The number of hydrogen-bond acceptors (Lipinski definition) is 13. The summed E-state index contributed by atoms with van der Waals surface area (Å²) in [5.74, 6) is 1.81. The Hall–Kier alpha value is -6.64. The summed E-state index contributed by atoms with van der Waals surface area (Å²) < 4.78 is 40.0. The summed E-state index contributed by atoms with van der Waals surface area (Å²) in [6, 6.07) is 11.5. The van der Waals surface area contributed by atoms with Crippen molar-refractivity contribution in [3.05, 3.63) is 82.3 Å². The summed E-state index contributed by atoms with van der Waals surface area (Å²) in [6.45, 7) is 15.5. The Balaban J connectivity index is 0.000000331. The van der Waals surface area contributed by atoms with Gasteiger partial charge in [-0.2, -0.15) is 0 Å². The van der Waals surface area contributed by atoms with Crippen molar-refractivity contribution < 1.29 is 42.5 Å². The number of fused-ring (bicyclic) bond motifs is 5. The number of aldehydes is 1. The number of carbonyl (C=O) groups excluding carboxylic acids is 4. The number of H-pyrrole nitrogens is 2. The maximum atomic E-state index is 16.5. The molecule has 6 aromatic rings. The van der Waals surface area contributed by atoms with Gasteiger partial charge in [0.25, 0.3) is 0 Å². The number of alkyl carbamates (subject to hydrolysis) is 2. The molecule has 5 atom stereocenters. The first-order chi connectivity index (χ1) is 36.2. The number of carbonyl (C=O) groups is 4. The first kappa shape index (κ1) is 56.1. The van der Waals surface area contributed by atoms with Crippen molar-refractivity contribution in [3.63, 3.8) is 0 Å². The third-order valence-electron chi connectivity index (χ3n) is 13.5. The zero-order valence-electron chi connectivity index (χ0n) is 44.8. The van der Waals surface area contributed by atoms with Crippen molar-refractivity contribution in [1.29, 1.82) is 0 Å². The van der Waals surface area contributed by atoms with E-state index in [-0.39, 0.29) is 43.2 Å². The highest BCUT2D eigenvalue weighted by Gasteiger charge is 2.36. The number of aromatic nitrogens is 6. The Kier molecular flexibility index (Phi) is 19.2. The Morgan fingerprint density at radius 3 is 2.29 bits per heavy atom. The second kappa shape index (κ2) is 25.7. The minimum Gasteiger partial charge on any atom is -0.464 e. The molecule has 7 heterocycles. The van der Waals surface area contributed by atoms with Crippen LogP contribution in [0.2, 0.25) is 0 Å². The van der Waals surface area contributed by atoms with Gasteiger partial charge in [-0.05, 0) is 109 Å². The molecule has 0 spiro atoms. The van der Waals surface area contributed by atoms with Crippen molar-refractivity contribution in [2.24, 2.45) is 5.92 Å². The predicted molar refractivity (Wildman–Crippen MR) is 287 cm³/mol. The molecule has 4 aliphatic rings. The molecular formula is C55H73FN10O8S. The second-order valence-corrected chi connectivity index (χ2v) is 20.3. The van der Waals surface area contributed by atoms with Crippen LogP contribution in [0.4, 0.5) is 14.0 Å². The van der Waals surface area contributed by atoms with Crippen LogP contribution < -0.4 is 15.4 Å². The highest BCUT2D eigenvalue weighted by Crippen LogP contribution is 2.49. The molecule has 3 fully saturated rings. The van der Waals surface area contributed by atoms with Crippen LogP contribution in [0.15, 0.2) is 55.0 Å². The number of likely N-dealkylation sites (tertiary alicyclic amines) is 1. The maximum Gasteiger partial charge on any atom is 0.407 e. The van der Waals surface area contributed by atoms with Crippen molar-refractivity contribution in [2.75, 3.05) is 40.9 Å². The second-order valence-electron chi connectivity index (χ2n) is 19.2. The molecule has 18 nitrogen and oxygen atoms in total. The predicted octanol–water partition coefficient (Wildman–Crippen LogP) is 10.5. The fourth-order valence-electron chi connectivity index (χ4n) is 9.81. The fraction of sp³-hybridized carbons (Fsp3) is 0.509. The van der Waals surface area contributed by atoms with Crippen LogP contribution in [0.3, 0.4) is 0 Å². The van der Waals surface area contributed by atoms with Crippen LogP contribution in [0.25, 0.3) is 44.7 Å². The van der Waals surface area contributed by atoms with E-state index in [4.69, 9.17) is 19.4 Å². The number of aromatic amines is 2. The van der Waals surface area contributed by atoms with Crippen molar-refractivity contribution >= 4 is 46.6 Å². The van der Waals surface area contributed by atoms with E-state index in [0.717, 1.165) is 94.9 Å². The van der Waals surface area contributed by atoms with Crippen molar-refractivity contribution in [2.45, 2.75) is 136 Å². The van der Waals surface area contributed by atoms with Gasteiger partial charge in [-0.3, -0.25) is 14.3 Å². The summed E-state index contributed by atoms with van der Waals surface area (Å²) in [5, 5.41) is 7.02. The van der Waals surface area contributed by atoms with E-state index in [0.29, 0.717) is 40.9 Å². The molecule has 1 saturated carbocycles. The number of methoxy groups -OCH3 is 2. The zero-order valence-corrected chi connectivity index (χ0v) is 45.6. The third-order valence-corrected chi connectivity index (χ3v) is 14.7. The standard InChI is InChI=1S/C39H40FN9O4S.C11H19NO4.C3H8.C2H6/c1-4-48(34(50)19-44-39(51)52-3)20-33-41-16-27(45-33)23-13-25(40)35-30-14-24-12-22(26-17-42-36(46-26)29-6-5-11-47(29)2)9-10-28(24)49(30)38(53-31(35)15-23)32-18-43-37(54-32)21-7-8-21;1-7-4-9(5-8(2)16-7)10(6-13)12-11(14)15-3;1-3-2;1-2/h9-10,12-18,21,29,38H,4-8,11,19-20H2,1-3H3,(H,41,45)(H,42,46)(H,44,51);6-10H,4-5H2,1-3H3,(H,12,14);3H2,1-2H3;1-2H3. The first-order valence-corrected chi connectivity index (χ1v) is 27.0. The number of ether oxygens (including phenoxy) is 4. The van der Waals surface area contributed by atoms with Crippen LogP contribution >= 0.6 is 11.3 Å². The highest BCUT2D eigenvalue weighted by molar-refractivity contribution is 7.11. The van der Waals surface area contributed by atoms with Gasteiger partial charge in [0.05, 0.1) is 95.5 Å². The lowest BCUT2D eigenvalue weighted by atomic mass is 9.87. The van der Waals surface area contributed by atoms with E-state index in [9.17, 15) is 19.2 Å². The summed E-state index contributed by atoms with van der Waals surface area (Å²) in [6.07, 6.45) is 12.0. The molecular weight excluding hydrogens is 980 g/mol. The molecule has 10 rings (SSSR count). The number of benzene rings is 2. The van der Waals surface area contributed by atoms with Crippen LogP contribution in [-0.4, -0.2) is 123 Å². The van der Waals surface area contributed by atoms with Gasteiger partial charge in [-0.15, -0.1) is 11.3 Å². The minimum absolute atomic E-state index is 0.121. The first-order valence-electron chi connectivity index (χ1n) is 26.2. The number of imidazole rings is 2. The summed E-state index contributed by atoms with van der Waals surface area (Å²) >= 11 is 1.65. The zero-order chi connectivity index (χ0) is 53.9. The van der Waals surface area contributed by atoms with Gasteiger partial charge in [0.15, 0.2) is 0 Å². The van der Waals surface area contributed by atoms with E-state index in [1.165, 1.54) is 26.7 Å². The third kappa shape index (κ3) is 13.3. The average Bonchev–Trinajstić information content (AvgIpc) is 3.98. The van der Waals surface area contributed by atoms with Gasteiger partial charge in [0.1, 0.15) is 36.0 Å². The molecule has 3 amide bonds. The van der Waals surface area contributed by atoms with Gasteiger partial charge in [0.2, 0.25) is 12.1 Å². The molecule has 1 aliphatic carbocycles. The number of amides is 3. The van der Waals surface area contributed by atoms with Gasteiger partial charge < -0.3 is 49.2 Å². The molecule has 4 N–H and O–H groups in total. The molecule has 4 aromatic heterocycles. The van der Waals surface area contributed by atoms with Crippen LogP contribution in [-0.2, 0) is 30.3 Å².